The van der Waals surface area contributed by atoms with Crippen LogP contribution in [0.1, 0.15) is 5.69 Å². The summed E-state index contributed by atoms with van der Waals surface area (Å²) >= 11 is 6.50. The molecule has 0 radical (unpaired) electrons. The topological polar surface area (TPSA) is 129 Å². The third-order valence-electron chi connectivity index (χ3n) is 4.18. The Bertz CT molecular complexity index is 1240. The molecule has 0 amide bonds. The summed E-state index contributed by atoms with van der Waals surface area (Å²) in [5.41, 5.74) is 9.37. The number of rotatable bonds is 4. The number of halogens is 1. The van der Waals surface area contributed by atoms with Crippen LogP contribution in [0.3, 0.4) is 0 Å². The summed E-state index contributed by atoms with van der Waals surface area (Å²) in [4.78, 5) is 13.6. The second kappa shape index (κ2) is 10.5. The van der Waals surface area contributed by atoms with Crippen molar-refractivity contribution in [3.8, 4) is 16.9 Å². The SMILES string of the molecule is N=C/C(=C\N)c1cnc2ccc(-c3cnc(Cl)c(O)c3)cc2n1.OSc1ccccc1. The normalized spacial score (nSPS) is 11.0. The van der Waals surface area contributed by atoms with E-state index >= 15 is 0 Å². The number of aromatic nitrogens is 3. The van der Waals surface area contributed by atoms with Crippen LogP contribution in [0.2, 0.25) is 5.15 Å². The number of aromatic hydroxyl groups is 1. The number of nitrogens with zero attached hydrogens (tertiary/aromatic N) is 3. The van der Waals surface area contributed by atoms with Crippen molar-refractivity contribution in [3.63, 3.8) is 0 Å². The predicted octanol–water partition coefficient (Wildman–Crippen LogP) is 5.25. The van der Waals surface area contributed by atoms with E-state index in [2.05, 4.69) is 15.0 Å². The lowest BCUT2D eigenvalue weighted by molar-refractivity contribution is 0.473. The Morgan fingerprint density at radius 1 is 1.00 bits per heavy atom. The molecule has 0 aliphatic heterocycles. The number of hydrogen-bond donors (Lipinski definition) is 4. The van der Waals surface area contributed by atoms with Gasteiger partial charge >= 0.3 is 0 Å². The molecular weight excluding hydrogens is 434 g/mol. The Morgan fingerprint density at radius 3 is 2.39 bits per heavy atom. The Labute approximate surface area is 188 Å². The summed E-state index contributed by atoms with van der Waals surface area (Å²) in [5.74, 6) is -0.0822. The molecule has 0 fully saturated rings. The number of allylic oxidation sites excluding steroid dienone is 1. The standard InChI is InChI=1S/C16H12ClN5O.C6H6OS/c17-16-15(23)4-10(7-21-16)9-1-2-12-13(3-9)22-14(8-20-12)11(5-18)6-19;7-8-6-4-2-1-3-5-6/h1-8,18,23H,19H2;1-5,7H/b11-6+,18-5?;. The van der Waals surface area contributed by atoms with E-state index in [9.17, 15) is 5.11 Å². The zero-order valence-corrected chi connectivity index (χ0v) is 17.7. The zero-order valence-electron chi connectivity index (χ0n) is 16.1. The highest BCUT2D eigenvalue weighted by Crippen LogP contribution is 2.28. The average Bonchev–Trinajstić information content (AvgIpc) is 2.82. The lowest BCUT2D eigenvalue weighted by atomic mass is 10.1. The van der Waals surface area contributed by atoms with Gasteiger partial charge in [0.2, 0.25) is 0 Å². The number of nitrogens with two attached hydrogens (primary N) is 1. The van der Waals surface area contributed by atoms with Gasteiger partial charge in [-0.2, -0.15) is 0 Å². The Hall–Kier alpha value is -3.46. The minimum absolute atomic E-state index is 0.0559. The maximum absolute atomic E-state index is 9.69. The number of fused-ring (bicyclic) bond motifs is 1. The second-order valence-electron chi connectivity index (χ2n) is 6.16. The van der Waals surface area contributed by atoms with Crippen molar-refractivity contribution < 1.29 is 9.66 Å². The predicted molar refractivity (Wildman–Crippen MR) is 125 cm³/mol. The lowest BCUT2D eigenvalue weighted by Gasteiger charge is -2.06. The molecular formula is C22H18ClN5O2S. The van der Waals surface area contributed by atoms with Gasteiger partial charge in [-0.3, -0.25) is 4.98 Å². The van der Waals surface area contributed by atoms with Crippen LogP contribution >= 0.6 is 23.6 Å². The van der Waals surface area contributed by atoms with Gasteiger partial charge in [-0.25, -0.2) is 9.97 Å². The Morgan fingerprint density at radius 2 is 1.77 bits per heavy atom. The molecule has 2 heterocycles. The highest BCUT2D eigenvalue weighted by Gasteiger charge is 2.08. The molecule has 4 aromatic rings. The van der Waals surface area contributed by atoms with Crippen molar-refractivity contribution in [1.29, 1.82) is 5.41 Å². The van der Waals surface area contributed by atoms with Gasteiger partial charge in [-0.1, -0.05) is 35.9 Å². The fourth-order valence-corrected chi connectivity index (χ4v) is 3.00. The van der Waals surface area contributed by atoms with Gasteiger partial charge in [0.1, 0.15) is 0 Å². The molecule has 0 saturated heterocycles. The van der Waals surface area contributed by atoms with E-state index in [4.69, 9.17) is 27.3 Å². The fraction of sp³-hybridized carbons (Fsp3) is 0. The van der Waals surface area contributed by atoms with Crippen LogP contribution in [-0.2, 0) is 0 Å². The summed E-state index contributed by atoms with van der Waals surface area (Å²) in [6.07, 6.45) is 5.58. The van der Waals surface area contributed by atoms with Gasteiger partial charge in [-0.05, 0) is 35.9 Å². The second-order valence-corrected chi connectivity index (χ2v) is 7.18. The van der Waals surface area contributed by atoms with Crippen molar-refractivity contribution in [2.45, 2.75) is 4.90 Å². The number of benzene rings is 2. The molecule has 156 valence electrons. The van der Waals surface area contributed by atoms with Crippen LogP contribution in [0.5, 0.6) is 5.75 Å². The van der Waals surface area contributed by atoms with Gasteiger partial charge in [0, 0.05) is 46.7 Å². The van der Waals surface area contributed by atoms with E-state index in [1.807, 2.05) is 48.5 Å². The summed E-state index contributed by atoms with van der Waals surface area (Å²) in [7, 11) is 0. The molecule has 0 saturated carbocycles. The minimum Gasteiger partial charge on any atom is -0.505 e. The first-order chi connectivity index (χ1) is 15.0. The largest absolute Gasteiger partial charge is 0.505 e. The van der Waals surface area contributed by atoms with Crippen LogP contribution in [0.15, 0.2) is 78.1 Å². The fourth-order valence-electron chi connectivity index (χ4n) is 2.61. The van der Waals surface area contributed by atoms with Crippen LogP contribution < -0.4 is 5.73 Å². The van der Waals surface area contributed by atoms with Gasteiger partial charge in [0.15, 0.2) is 10.9 Å². The number of pyridine rings is 1. The highest BCUT2D eigenvalue weighted by atomic mass is 35.5. The maximum Gasteiger partial charge on any atom is 0.170 e. The van der Waals surface area contributed by atoms with Gasteiger partial charge < -0.3 is 20.8 Å². The average molecular weight is 452 g/mol. The monoisotopic (exact) mass is 451 g/mol. The van der Waals surface area contributed by atoms with Crippen molar-refractivity contribution in [3.05, 3.63) is 84.0 Å². The summed E-state index contributed by atoms with van der Waals surface area (Å²) in [5, 5.41) is 17.1. The molecule has 5 N–H and O–H groups in total. The minimum atomic E-state index is -0.0822. The van der Waals surface area contributed by atoms with Crippen LogP contribution in [0, 0.1) is 5.41 Å². The third-order valence-corrected chi connectivity index (χ3v) is 4.95. The molecule has 2 aromatic carbocycles. The molecule has 4 rings (SSSR count). The lowest BCUT2D eigenvalue weighted by Crippen LogP contribution is -1.96. The number of hydrogen-bond acceptors (Lipinski definition) is 8. The van der Waals surface area contributed by atoms with Crippen molar-refractivity contribution in [2.75, 3.05) is 0 Å². The summed E-state index contributed by atoms with van der Waals surface area (Å²) < 4.78 is 8.45. The summed E-state index contributed by atoms with van der Waals surface area (Å²) in [6, 6.07) is 16.4. The highest BCUT2D eigenvalue weighted by molar-refractivity contribution is 7.93. The third kappa shape index (κ3) is 5.58. The van der Waals surface area contributed by atoms with Crippen molar-refractivity contribution >= 4 is 46.5 Å². The van der Waals surface area contributed by atoms with E-state index in [1.54, 1.807) is 12.4 Å². The first kappa shape index (κ1) is 22.2. The van der Waals surface area contributed by atoms with E-state index in [0.29, 0.717) is 27.9 Å². The first-order valence-electron chi connectivity index (χ1n) is 8.96. The van der Waals surface area contributed by atoms with Gasteiger partial charge in [-0.15, -0.1) is 0 Å². The van der Waals surface area contributed by atoms with E-state index in [0.717, 1.165) is 28.7 Å². The molecule has 9 heteroatoms. The van der Waals surface area contributed by atoms with Gasteiger partial charge in [0.25, 0.3) is 0 Å². The maximum atomic E-state index is 9.69. The quantitative estimate of drug-likeness (QED) is 0.189. The van der Waals surface area contributed by atoms with Crippen LogP contribution in [0.4, 0.5) is 0 Å². The molecule has 0 aliphatic carbocycles. The smallest absolute Gasteiger partial charge is 0.170 e. The van der Waals surface area contributed by atoms with Crippen LogP contribution in [-0.4, -0.2) is 30.8 Å². The molecule has 2 aromatic heterocycles. The van der Waals surface area contributed by atoms with Crippen LogP contribution in [0.25, 0.3) is 27.7 Å². The van der Waals surface area contributed by atoms with E-state index < -0.39 is 0 Å². The van der Waals surface area contributed by atoms with E-state index in [-0.39, 0.29) is 10.9 Å². The molecule has 0 bridgehead atoms. The molecule has 7 nitrogen and oxygen atoms in total. The van der Waals surface area contributed by atoms with Gasteiger partial charge in [0.05, 0.1) is 22.9 Å². The molecule has 0 atom stereocenters. The molecule has 31 heavy (non-hydrogen) atoms. The van der Waals surface area contributed by atoms with Crippen molar-refractivity contribution in [2.24, 2.45) is 5.73 Å². The zero-order chi connectivity index (χ0) is 22.2. The first-order valence-corrected chi connectivity index (χ1v) is 10.1. The van der Waals surface area contributed by atoms with E-state index in [1.165, 1.54) is 12.3 Å². The molecule has 0 unspecified atom stereocenters. The molecule has 0 spiro atoms. The summed E-state index contributed by atoms with van der Waals surface area (Å²) in [6.45, 7) is 0. The van der Waals surface area contributed by atoms with Crippen molar-refractivity contribution in [1.82, 2.24) is 15.0 Å². The Kier molecular flexibility index (Phi) is 7.55. The molecule has 0 aliphatic rings. The number of nitrogens with one attached hydrogen (secondary N) is 1. The Balaban J connectivity index is 0.000000287.